The molecular formula is C18H32. The molecule has 2 rings (SSSR count). The summed E-state index contributed by atoms with van der Waals surface area (Å²) in [5.41, 5.74) is 1.81. The van der Waals surface area contributed by atoms with E-state index in [-0.39, 0.29) is 0 Å². The third-order valence-corrected chi connectivity index (χ3v) is 5.46. The minimum atomic E-state index is 0.912. The predicted molar refractivity (Wildman–Crippen MR) is 80.6 cm³/mol. The average Bonchev–Trinajstić information content (AvgIpc) is 2.39. The first-order valence-corrected chi connectivity index (χ1v) is 8.39. The number of allylic oxidation sites excluding steroid dienone is 2. The summed E-state index contributed by atoms with van der Waals surface area (Å²) in [5, 5.41) is 0. The minimum Gasteiger partial charge on any atom is -0.0819 e. The topological polar surface area (TPSA) is 0 Å². The lowest BCUT2D eigenvalue weighted by atomic mass is 9.76. The number of hydrogen-bond acceptors (Lipinski definition) is 0. The van der Waals surface area contributed by atoms with Gasteiger partial charge in [0, 0.05) is 0 Å². The molecule has 0 saturated heterocycles. The van der Waals surface area contributed by atoms with Crippen LogP contribution in [0, 0.1) is 23.7 Å². The van der Waals surface area contributed by atoms with Crippen LogP contribution in [0.2, 0.25) is 0 Å². The van der Waals surface area contributed by atoms with E-state index in [1.54, 1.807) is 5.57 Å². The van der Waals surface area contributed by atoms with E-state index < -0.39 is 0 Å². The number of rotatable bonds is 3. The highest BCUT2D eigenvalue weighted by molar-refractivity contribution is 5.10. The van der Waals surface area contributed by atoms with Crippen LogP contribution in [-0.4, -0.2) is 0 Å². The monoisotopic (exact) mass is 248 g/mol. The van der Waals surface area contributed by atoms with Gasteiger partial charge in [0.1, 0.15) is 0 Å². The van der Waals surface area contributed by atoms with Gasteiger partial charge in [0.2, 0.25) is 0 Å². The first-order chi connectivity index (χ1) is 8.69. The van der Waals surface area contributed by atoms with Crippen molar-refractivity contribution < 1.29 is 0 Å². The van der Waals surface area contributed by atoms with Crippen LogP contribution in [0.25, 0.3) is 0 Å². The first kappa shape index (κ1) is 14.2. The maximum absolute atomic E-state index is 2.70. The molecule has 0 aromatic carbocycles. The summed E-state index contributed by atoms with van der Waals surface area (Å²) < 4.78 is 0. The standard InChI is InChI=1S/C18H32/c1-4-17(18-11-7-15(3)8-12-18)13-16-9-5-14(2)6-10-16/h13-16,18H,4-12H2,1-3H3/b17-13+. The summed E-state index contributed by atoms with van der Waals surface area (Å²) in [7, 11) is 0. The zero-order chi connectivity index (χ0) is 13.0. The molecule has 2 aliphatic rings. The second kappa shape index (κ2) is 6.78. The van der Waals surface area contributed by atoms with Gasteiger partial charge in [-0.15, -0.1) is 0 Å². The lowest BCUT2D eigenvalue weighted by Gasteiger charge is -2.30. The SMILES string of the molecule is CC/C(=C\C1CCC(C)CC1)C1CCC(C)CC1. The summed E-state index contributed by atoms with van der Waals surface area (Å²) in [5.74, 6) is 3.81. The van der Waals surface area contributed by atoms with E-state index in [4.69, 9.17) is 0 Å². The number of hydrogen-bond donors (Lipinski definition) is 0. The van der Waals surface area contributed by atoms with Gasteiger partial charge in [-0.25, -0.2) is 0 Å². The molecule has 0 bridgehead atoms. The largest absolute Gasteiger partial charge is 0.0819 e. The second-order valence-electron chi connectivity index (χ2n) is 7.07. The third kappa shape index (κ3) is 3.87. The molecule has 18 heavy (non-hydrogen) atoms. The van der Waals surface area contributed by atoms with Crippen LogP contribution in [0.5, 0.6) is 0 Å². The van der Waals surface area contributed by atoms with Gasteiger partial charge in [0.05, 0.1) is 0 Å². The van der Waals surface area contributed by atoms with Gasteiger partial charge < -0.3 is 0 Å². The molecule has 0 amide bonds. The van der Waals surface area contributed by atoms with Crippen molar-refractivity contribution in [3.8, 4) is 0 Å². The molecule has 2 saturated carbocycles. The molecule has 0 spiro atoms. The van der Waals surface area contributed by atoms with Crippen molar-refractivity contribution in [3.63, 3.8) is 0 Å². The van der Waals surface area contributed by atoms with Gasteiger partial charge in [-0.3, -0.25) is 0 Å². The van der Waals surface area contributed by atoms with Crippen molar-refractivity contribution in [2.45, 2.75) is 78.6 Å². The van der Waals surface area contributed by atoms with E-state index in [9.17, 15) is 0 Å². The van der Waals surface area contributed by atoms with Crippen LogP contribution in [0.15, 0.2) is 11.6 Å². The molecule has 2 fully saturated rings. The minimum absolute atomic E-state index is 0.912. The molecule has 0 N–H and O–H groups in total. The molecule has 0 heteroatoms. The molecule has 104 valence electrons. The van der Waals surface area contributed by atoms with Gasteiger partial charge >= 0.3 is 0 Å². The van der Waals surface area contributed by atoms with E-state index >= 15 is 0 Å². The van der Waals surface area contributed by atoms with Crippen molar-refractivity contribution in [2.24, 2.45) is 23.7 Å². The van der Waals surface area contributed by atoms with Crippen LogP contribution < -0.4 is 0 Å². The smallest absolute Gasteiger partial charge is 0.0203 e. The highest BCUT2D eigenvalue weighted by Gasteiger charge is 2.22. The Hall–Kier alpha value is -0.260. The molecule has 0 heterocycles. The maximum Gasteiger partial charge on any atom is -0.0203 e. The van der Waals surface area contributed by atoms with Gasteiger partial charge in [-0.1, -0.05) is 58.1 Å². The van der Waals surface area contributed by atoms with E-state index in [0.717, 1.165) is 23.7 Å². The first-order valence-electron chi connectivity index (χ1n) is 8.39. The lowest BCUT2D eigenvalue weighted by Crippen LogP contribution is -2.16. The van der Waals surface area contributed by atoms with Gasteiger partial charge in [0.15, 0.2) is 0 Å². The van der Waals surface area contributed by atoms with E-state index in [0.29, 0.717) is 0 Å². The van der Waals surface area contributed by atoms with Crippen molar-refractivity contribution >= 4 is 0 Å². The summed E-state index contributed by atoms with van der Waals surface area (Å²) in [6, 6.07) is 0. The van der Waals surface area contributed by atoms with Crippen molar-refractivity contribution in [3.05, 3.63) is 11.6 Å². The second-order valence-corrected chi connectivity index (χ2v) is 7.07. The van der Waals surface area contributed by atoms with Gasteiger partial charge in [0.25, 0.3) is 0 Å². The molecule has 0 unspecified atom stereocenters. The Morgan fingerprint density at radius 1 is 0.833 bits per heavy atom. The quantitative estimate of drug-likeness (QED) is 0.539. The van der Waals surface area contributed by atoms with E-state index in [1.165, 1.54) is 57.8 Å². The van der Waals surface area contributed by atoms with Crippen LogP contribution >= 0.6 is 0 Å². The zero-order valence-corrected chi connectivity index (χ0v) is 12.8. The Morgan fingerprint density at radius 3 is 1.83 bits per heavy atom. The fourth-order valence-electron chi connectivity index (χ4n) is 3.93. The molecule has 0 radical (unpaired) electrons. The van der Waals surface area contributed by atoms with Crippen molar-refractivity contribution in [1.29, 1.82) is 0 Å². The van der Waals surface area contributed by atoms with Gasteiger partial charge in [-0.05, 0) is 55.8 Å². The maximum atomic E-state index is 2.70. The molecule has 0 atom stereocenters. The van der Waals surface area contributed by atoms with E-state index in [1.807, 2.05) is 0 Å². The van der Waals surface area contributed by atoms with Crippen LogP contribution in [0.1, 0.15) is 78.6 Å². The van der Waals surface area contributed by atoms with Crippen molar-refractivity contribution in [1.82, 2.24) is 0 Å². The van der Waals surface area contributed by atoms with E-state index in [2.05, 4.69) is 26.8 Å². The Morgan fingerprint density at radius 2 is 1.33 bits per heavy atom. The normalized spacial score (nSPS) is 38.7. The summed E-state index contributed by atoms with van der Waals surface area (Å²) in [6.45, 7) is 7.21. The Balaban J connectivity index is 1.91. The zero-order valence-electron chi connectivity index (χ0n) is 12.8. The summed E-state index contributed by atoms with van der Waals surface area (Å²) >= 11 is 0. The third-order valence-electron chi connectivity index (χ3n) is 5.46. The summed E-state index contributed by atoms with van der Waals surface area (Å²) in [4.78, 5) is 0. The Kier molecular flexibility index (Phi) is 5.33. The molecule has 0 aromatic heterocycles. The Bertz CT molecular complexity index is 260. The van der Waals surface area contributed by atoms with Gasteiger partial charge in [-0.2, -0.15) is 0 Å². The highest BCUT2D eigenvalue weighted by Crippen LogP contribution is 2.37. The Labute approximate surface area is 114 Å². The van der Waals surface area contributed by atoms with Crippen molar-refractivity contribution in [2.75, 3.05) is 0 Å². The lowest BCUT2D eigenvalue weighted by molar-refractivity contribution is 0.306. The van der Waals surface area contributed by atoms with Crippen LogP contribution in [0.4, 0.5) is 0 Å². The molecule has 0 aliphatic heterocycles. The predicted octanol–water partition coefficient (Wildman–Crippen LogP) is 5.98. The molecular weight excluding hydrogens is 216 g/mol. The fraction of sp³-hybridized carbons (Fsp3) is 0.889. The van der Waals surface area contributed by atoms with Crippen LogP contribution in [0.3, 0.4) is 0 Å². The molecule has 0 nitrogen and oxygen atoms in total. The fourth-order valence-corrected chi connectivity index (χ4v) is 3.93. The average molecular weight is 248 g/mol. The molecule has 2 aliphatic carbocycles. The van der Waals surface area contributed by atoms with Crippen LogP contribution in [-0.2, 0) is 0 Å². The highest BCUT2D eigenvalue weighted by atomic mass is 14.3. The summed E-state index contributed by atoms with van der Waals surface area (Å²) in [6.07, 6.45) is 15.7. The molecule has 0 aromatic rings.